The van der Waals surface area contributed by atoms with Crippen molar-refractivity contribution in [2.24, 2.45) is 0 Å². The minimum absolute atomic E-state index is 0.268. The zero-order chi connectivity index (χ0) is 17.9. The molecule has 26 heavy (non-hydrogen) atoms. The monoisotopic (exact) mass is 380 g/mol. The lowest BCUT2D eigenvalue weighted by Gasteiger charge is -1.99. The third-order valence-electron chi connectivity index (χ3n) is 3.71. The van der Waals surface area contributed by atoms with E-state index in [4.69, 9.17) is 11.6 Å². The number of benzene rings is 1. The first-order valence-electron chi connectivity index (χ1n) is 7.84. The number of hydrogen-bond donors (Lipinski definition) is 1. The van der Waals surface area contributed by atoms with E-state index in [2.05, 4.69) is 15.5 Å². The van der Waals surface area contributed by atoms with Gasteiger partial charge in [0.05, 0.1) is 0 Å². The Bertz CT molecular complexity index is 1120. The van der Waals surface area contributed by atoms with Crippen LogP contribution in [0.2, 0.25) is 5.02 Å². The van der Waals surface area contributed by atoms with E-state index in [1.165, 1.54) is 6.08 Å². The summed E-state index contributed by atoms with van der Waals surface area (Å²) in [4.78, 5) is 14.2. The topological polar surface area (TPSA) is 59.3 Å². The van der Waals surface area contributed by atoms with Crippen molar-refractivity contribution < 1.29 is 4.79 Å². The summed E-state index contributed by atoms with van der Waals surface area (Å²) in [5.74, 6) is 0.119. The molecule has 5 nitrogen and oxygen atoms in total. The number of anilines is 1. The summed E-state index contributed by atoms with van der Waals surface area (Å²) in [5, 5.41) is 11.4. The first kappa shape index (κ1) is 16.5. The zero-order valence-corrected chi connectivity index (χ0v) is 15.0. The average Bonchev–Trinajstić information content (AvgIpc) is 3.28. The summed E-state index contributed by atoms with van der Waals surface area (Å²) in [6.07, 6.45) is 5.04. The number of carbonyl (C=O) groups is 1. The molecule has 0 aliphatic carbocycles. The molecule has 1 amide bonds. The van der Waals surface area contributed by atoms with Crippen LogP contribution in [-0.2, 0) is 4.79 Å². The second-order valence-corrected chi connectivity index (χ2v) is 6.98. The van der Waals surface area contributed by atoms with Crippen molar-refractivity contribution in [1.29, 1.82) is 0 Å². The predicted octanol–water partition coefficient (Wildman–Crippen LogP) is 4.76. The number of nitrogens with zero attached hydrogens (tertiary/aromatic N) is 3. The van der Waals surface area contributed by atoms with E-state index < -0.39 is 0 Å². The smallest absolute Gasteiger partial charge is 0.250 e. The highest BCUT2D eigenvalue weighted by atomic mass is 35.5. The van der Waals surface area contributed by atoms with E-state index in [0.29, 0.717) is 16.6 Å². The van der Waals surface area contributed by atoms with Crippen LogP contribution in [0.1, 0.15) is 4.88 Å². The lowest BCUT2D eigenvalue weighted by Crippen LogP contribution is -2.10. The Morgan fingerprint density at radius 3 is 2.81 bits per heavy atom. The fraction of sp³-hybridized carbons (Fsp3) is 0. The summed E-state index contributed by atoms with van der Waals surface area (Å²) in [7, 11) is 0. The fourth-order valence-corrected chi connectivity index (χ4v) is 3.73. The Kier molecular flexibility index (Phi) is 4.51. The summed E-state index contributed by atoms with van der Waals surface area (Å²) >= 11 is 7.80. The number of amides is 1. The van der Waals surface area contributed by atoms with Gasteiger partial charge in [0.25, 0.3) is 5.91 Å². The summed E-state index contributed by atoms with van der Waals surface area (Å²) in [6, 6.07) is 17.2. The van der Waals surface area contributed by atoms with Crippen molar-refractivity contribution in [3.8, 4) is 10.4 Å². The first-order valence-corrected chi connectivity index (χ1v) is 9.04. The minimum Gasteiger partial charge on any atom is -0.291 e. The number of halogens is 1. The van der Waals surface area contributed by atoms with Gasteiger partial charge in [0.15, 0.2) is 5.65 Å². The van der Waals surface area contributed by atoms with Crippen molar-refractivity contribution in [2.75, 3.05) is 5.32 Å². The van der Waals surface area contributed by atoms with Gasteiger partial charge in [-0.05, 0) is 36.4 Å². The van der Waals surface area contributed by atoms with Crippen LogP contribution in [0.25, 0.3) is 22.2 Å². The van der Waals surface area contributed by atoms with E-state index in [-0.39, 0.29) is 5.91 Å². The third kappa shape index (κ3) is 3.37. The zero-order valence-electron chi connectivity index (χ0n) is 13.5. The summed E-state index contributed by atoms with van der Waals surface area (Å²) in [6.45, 7) is 0. The van der Waals surface area contributed by atoms with Crippen LogP contribution in [0.3, 0.4) is 0 Å². The molecule has 0 fully saturated rings. The lowest BCUT2D eigenvalue weighted by atomic mass is 10.2. The van der Waals surface area contributed by atoms with Crippen molar-refractivity contribution >= 4 is 46.5 Å². The number of rotatable bonds is 4. The van der Waals surface area contributed by atoms with E-state index in [1.54, 1.807) is 28.0 Å². The molecule has 4 rings (SSSR count). The van der Waals surface area contributed by atoms with Gasteiger partial charge in [0.1, 0.15) is 0 Å². The second kappa shape index (κ2) is 7.11. The van der Waals surface area contributed by atoms with Crippen LogP contribution in [0.5, 0.6) is 0 Å². The van der Waals surface area contributed by atoms with Crippen molar-refractivity contribution in [3.63, 3.8) is 0 Å². The maximum atomic E-state index is 12.2. The first-order chi connectivity index (χ1) is 12.7. The number of carbonyl (C=O) groups excluding carboxylic acids is 1. The highest BCUT2D eigenvalue weighted by molar-refractivity contribution is 7.16. The van der Waals surface area contributed by atoms with Crippen LogP contribution >= 0.6 is 22.9 Å². The average molecular weight is 381 g/mol. The molecule has 1 aromatic carbocycles. The lowest BCUT2D eigenvalue weighted by molar-refractivity contribution is -0.111. The number of pyridine rings is 1. The molecule has 3 aromatic heterocycles. The van der Waals surface area contributed by atoms with Gasteiger partial charge in [-0.3, -0.25) is 14.5 Å². The largest absolute Gasteiger partial charge is 0.291 e. The molecule has 0 radical (unpaired) electrons. The Morgan fingerprint density at radius 2 is 1.92 bits per heavy atom. The van der Waals surface area contributed by atoms with E-state index in [9.17, 15) is 4.79 Å². The highest BCUT2D eigenvalue weighted by Crippen LogP contribution is 2.33. The van der Waals surface area contributed by atoms with Gasteiger partial charge in [-0.1, -0.05) is 35.9 Å². The van der Waals surface area contributed by atoms with Crippen LogP contribution in [0, 0.1) is 0 Å². The molecule has 0 atom stereocenters. The normalized spacial score (nSPS) is 11.3. The molecule has 0 spiro atoms. The molecule has 128 valence electrons. The summed E-state index contributed by atoms with van der Waals surface area (Å²) in [5.41, 5.74) is 1.66. The van der Waals surface area contributed by atoms with Gasteiger partial charge in [0, 0.05) is 32.6 Å². The third-order valence-corrected chi connectivity index (χ3v) is 5.13. The maximum absolute atomic E-state index is 12.2. The van der Waals surface area contributed by atoms with E-state index >= 15 is 0 Å². The van der Waals surface area contributed by atoms with Gasteiger partial charge in [-0.2, -0.15) is 0 Å². The minimum atomic E-state index is -0.268. The molecule has 0 unspecified atom stereocenters. The van der Waals surface area contributed by atoms with Gasteiger partial charge in [-0.15, -0.1) is 21.5 Å². The summed E-state index contributed by atoms with van der Waals surface area (Å²) < 4.78 is 1.71. The molecule has 0 aliphatic heterocycles. The second-order valence-electron chi connectivity index (χ2n) is 5.46. The van der Waals surface area contributed by atoms with Crippen molar-refractivity contribution in [1.82, 2.24) is 14.6 Å². The van der Waals surface area contributed by atoms with Gasteiger partial charge < -0.3 is 0 Å². The molecular weight excluding hydrogens is 368 g/mol. The van der Waals surface area contributed by atoms with Gasteiger partial charge in [0.2, 0.25) is 5.95 Å². The van der Waals surface area contributed by atoms with E-state index in [0.717, 1.165) is 15.3 Å². The molecule has 0 saturated carbocycles. The molecule has 4 aromatic rings. The molecule has 3 heterocycles. The van der Waals surface area contributed by atoms with Crippen LogP contribution in [0.4, 0.5) is 5.95 Å². The number of aromatic nitrogens is 3. The Balaban J connectivity index is 1.48. The molecule has 1 N–H and O–H groups in total. The number of thiophene rings is 1. The molecular formula is C19H13ClN4OS. The Hall–Kier alpha value is -2.96. The maximum Gasteiger partial charge on any atom is 0.250 e. The number of fused-ring (bicyclic) bond motifs is 1. The van der Waals surface area contributed by atoms with Crippen molar-refractivity contribution in [3.05, 3.63) is 76.8 Å². The molecule has 0 saturated heterocycles. The molecule has 7 heteroatoms. The van der Waals surface area contributed by atoms with Crippen molar-refractivity contribution in [2.45, 2.75) is 0 Å². The SMILES string of the molecule is O=C(/C=C/c1ccc(-c2ccccc2Cl)s1)Nc1nnc2ccccn12. The number of hydrogen-bond acceptors (Lipinski definition) is 4. The van der Waals surface area contributed by atoms with Crippen LogP contribution in [-0.4, -0.2) is 20.5 Å². The molecule has 0 bridgehead atoms. The van der Waals surface area contributed by atoms with Gasteiger partial charge in [-0.25, -0.2) is 0 Å². The quantitative estimate of drug-likeness (QED) is 0.519. The number of nitrogens with one attached hydrogen (secondary N) is 1. The van der Waals surface area contributed by atoms with E-state index in [1.807, 2.05) is 54.6 Å². The predicted molar refractivity (Wildman–Crippen MR) is 105 cm³/mol. The van der Waals surface area contributed by atoms with Crippen LogP contribution in [0.15, 0.2) is 66.9 Å². The standard InChI is InChI=1S/C19H13ClN4OS/c20-15-6-2-1-5-14(15)16-10-8-13(26-16)9-11-18(25)21-19-23-22-17-7-3-4-12-24(17)19/h1-12H,(H,21,23,25)/b11-9+. The fourth-order valence-electron chi connectivity index (χ4n) is 2.48. The highest BCUT2D eigenvalue weighted by Gasteiger charge is 2.08. The Labute approximate surface area is 158 Å². The Morgan fingerprint density at radius 1 is 1.08 bits per heavy atom. The van der Waals surface area contributed by atoms with Gasteiger partial charge >= 0.3 is 0 Å². The van der Waals surface area contributed by atoms with Crippen LogP contribution < -0.4 is 5.32 Å². The molecule has 0 aliphatic rings.